The molecule has 3 aromatic rings. The molecule has 1 aliphatic heterocycles. The molecule has 0 aliphatic carbocycles. The Balaban J connectivity index is 1.56. The smallest absolute Gasteiger partial charge is 0.229 e. The number of nitrogens with one attached hydrogen (secondary N) is 2. The quantitative estimate of drug-likeness (QED) is 0.762. The topological polar surface area (TPSA) is 61.0 Å². The molecule has 1 fully saturated rings. The van der Waals surface area contributed by atoms with E-state index in [1.165, 1.54) is 11.1 Å². The lowest BCUT2D eigenvalue weighted by molar-refractivity contribution is -0.133. The van der Waals surface area contributed by atoms with Gasteiger partial charge in [0.1, 0.15) is 0 Å². The van der Waals surface area contributed by atoms with Crippen LogP contribution in [0.5, 0.6) is 0 Å². The molecule has 2 aromatic carbocycles. The van der Waals surface area contributed by atoms with Crippen molar-refractivity contribution in [1.29, 1.82) is 0 Å². The molecule has 0 radical (unpaired) electrons. The Labute approximate surface area is 153 Å². The van der Waals surface area contributed by atoms with Gasteiger partial charge in [0.25, 0.3) is 0 Å². The van der Waals surface area contributed by atoms with E-state index in [2.05, 4.69) is 46.7 Å². The molecule has 1 unspecified atom stereocenters. The number of fused-ring (bicyclic) bond motifs is 1. The SMILES string of the molecule is CCc1ccc(C2CNCCN2C(=O)Cc2[nH]nc3ccccc23)cc1. The molecule has 0 bridgehead atoms. The molecule has 1 amide bonds. The van der Waals surface area contributed by atoms with E-state index in [9.17, 15) is 4.79 Å². The summed E-state index contributed by atoms with van der Waals surface area (Å²) in [7, 11) is 0. The largest absolute Gasteiger partial charge is 0.333 e. The number of hydrogen-bond donors (Lipinski definition) is 2. The van der Waals surface area contributed by atoms with E-state index in [4.69, 9.17) is 0 Å². The highest BCUT2D eigenvalue weighted by molar-refractivity contribution is 5.87. The molecule has 1 aromatic heterocycles. The molecular formula is C21H24N4O. The first-order valence-electron chi connectivity index (χ1n) is 9.27. The zero-order chi connectivity index (χ0) is 17.9. The van der Waals surface area contributed by atoms with Gasteiger partial charge >= 0.3 is 0 Å². The zero-order valence-electron chi connectivity index (χ0n) is 15.0. The summed E-state index contributed by atoms with van der Waals surface area (Å²) in [5.41, 5.74) is 4.31. The van der Waals surface area contributed by atoms with Gasteiger partial charge in [-0.2, -0.15) is 5.10 Å². The standard InChI is InChI=1S/C21H24N4O/c1-2-15-7-9-16(10-8-15)20-14-22-11-12-25(20)21(26)13-19-17-5-3-4-6-18(17)23-24-19/h3-10,20,22H,2,11-14H2,1H3,(H,23,24). The van der Waals surface area contributed by atoms with E-state index >= 15 is 0 Å². The van der Waals surface area contributed by atoms with Gasteiger partial charge in [0, 0.05) is 25.0 Å². The third kappa shape index (κ3) is 3.22. The molecule has 1 saturated heterocycles. The molecule has 0 spiro atoms. The monoisotopic (exact) mass is 348 g/mol. The van der Waals surface area contributed by atoms with Crippen LogP contribution in [0, 0.1) is 0 Å². The summed E-state index contributed by atoms with van der Waals surface area (Å²) in [6, 6.07) is 16.6. The average Bonchev–Trinajstić information content (AvgIpc) is 3.11. The highest BCUT2D eigenvalue weighted by Crippen LogP contribution is 2.24. The molecule has 0 saturated carbocycles. The van der Waals surface area contributed by atoms with Gasteiger partial charge in [-0.25, -0.2) is 0 Å². The number of benzene rings is 2. The van der Waals surface area contributed by atoms with Gasteiger partial charge in [-0.05, 0) is 23.6 Å². The van der Waals surface area contributed by atoms with Crippen LogP contribution in [0.15, 0.2) is 48.5 Å². The number of nitrogens with zero attached hydrogens (tertiary/aromatic N) is 2. The number of hydrogen-bond acceptors (Lipinski definition) is 3. The highest BCUT2D eigenvalue weighted by atomic mass is 16.2. The first-order valence-corrected chi connectivity index (χ1v) is 9.27. The Morgan fingerprint density at radius 3 is 2.81 bits per heavy atom. The van der Waals surface area contributed by atoms with E-state index in [1.54, 1.807) is 0 Å². The lowest BCUT2D eigenvalue weighted by Crippen LogP contribution is -2.49. The molecule has 2 heterocycles. The van der Waals surface area contributed by atoms with Crippen LogP contribution in [0.1, 0.15) is 29.8 Å². The van der Waals surface area contributed by atoms with Crippen molar-refractivity contribution in [3.8, 4) is 0 Å². The van der Waals surface area contributed by atoms with Gasteiger partial charge in [-0.3, -0.25) is 9.89 Å². The number of carbonyl (C=O) groups is 1. The van der Waals surface area contributed by atoms with E-state index in [0.29, 0.717) is 6.42 Å². The minimum atomic E-state index is 0.0799. The van der Waals surface area contributed by atoms with Crippen molar-refractivity contribution in [3.05, 3.63) is 65.4 Å². The Hall–Kier alpha value is -2.66. The van der Waals surface area contributed by atoms with Crippen molar-refractivity contribution in [1.82, 2.24) is 20.4 Å². The molecule has 2 N–H and O–H groups in total. The second-order valence-electron chi connectivity index (χ2n) is 6.80. The third-order valence-corrected chi connectivity index (χ3v) is 5.20. The van der Waals surface area contributed by atoms with Crippen molar-refractivity contribution in [2.75, 3.05) is 19.6 Å². The Bertz CT molecular complexity index is 900. The van der Waals surface area contributed by atoms with Gasteiger partial charge in [0.2, 0.25) is 5.91 Å². The summed E-state index contributed by atoms with van der Waals surface area (Å²) in [5.74, 6) is 0.144. The van der Waals surface area contributed by atoms with Crippen molar-refractivity contribution in [2.24, 2.45) is 0 Å². The summed E-state index contributed by atoms with van der Waals surface area (Å²) in [6.07, 6.45) is 1.38. The van der Waals surface area contributed by atoms with Gasteiger partial charge in [-0.15, -0.1) is 0 Å². The summed E-state index contributed by atoms with van der Waals surface area (Å²) in [5, 5.41) is 11.8. The van der Waals surface area contributed by atoms with Crippen molar-refractivity contribution >= 4 is 16.8 Å². The number of carbonyl (C=O) groups excluding carboxylic acids is 1. The molecule has 5 nitrogen and oxygen atoms in total. The van der Waals surface area contributed by atoms with Gasteiger partial charge < -0.3 is 10.2 Å². The zero-order valence-corrected chi connectivity index (χ0v) is 15.0. The molecule has 134 valence electrons. The predicted molar refractivity (Wildman–Crippen MR) is 103 cm³/mol. The van der Waals surface area contributed by atoms with Crippen molar-refractivity contribution < 1.29 is 4.79 Å². The highest BCUT2D eigenvalue weighted by Gasteiger charge is 2.28. The number of aromatic amines is 1. The van der Waals surface area contributed by atoms with Crippen LogP contribution in [0.4, 0.5) is 0 Å². The predicted octanol–water partition coefficient (Wildman–Crippen LogP) is 2.84. The van der Waals surface area contributed by atoms with Gasteiger partial charge in [-0.1, -0.05) is 49.4 Å². The van der Waals surface area contributed by atoms with Gasteiger partial charge in [0.15, 0.2) is 0 Å². The number of H-pyrrole nitrogens is 1. The van der Waals surface area contributed by atoms with Crippen molar-refractivity contribution in [3.63, 3.8) is 0 Å². The van der Waals surface area contributed by atoms with E-state index in [1.807, 2.05) is 29.2 Å². The minimum absolute atomic E-state index is 0.0799. The molecular weight excluding hydrogens is 324 g/mol. The third-order valence-electron chi connectivity index (χ3n) is 5.20. The number of amides is 1. The average molecular weight is 348 g/mol. The fraction of sp³-hybridized carbons (Fsp3) is 0.333. The second kappa shape index (κ2) is 7.30. The van der Waals surface area contributed by atoms with Crippen LogP contribution in [0.3, 0.4) is 0 Å². The Morgan fingerprint density at radius 1 is 1.19 bits per heavy atom. The molecule has 4 rings (SSSR count). The fourth-order valence-electron chi connectivity index (χ4n) is 3.68. The summed E-state index contributed by atoms with van der Waals surface area (Å²) in [4.78, 5) is 15.1. The number of piperazine rings is 1. The lowest BCUT2D eigenvalue weighted by Gasteiger charge is -2.36. The van der Waals surface area contributed by atoms with Crippen molar-refractivity contribution in [2.45, 2.75) is 25.8 Å². The summed E-state index contributed by atoms with van der Waals surface area (Å²) >= 11 is 0. The first kappa shape index (κ1) is 16.8. The molecule has 5 heteroatoms. The van der Waals surface area contributed by atoms with Crippen LogP contribution in [-0.2, 0) is 17.6 Å². The maximum atomic E-state index is 13.1. The number of aryl methyl sites for hydroxylation is 1. The lowest BCUT2D eigenvalue weighted by atomic mass is 10.00. The first-order chi connectivity index (χ1) is 12.8. The normalized spacial score (nSPS) is 17.6. The minimum Gasteiger partial charge on any atom is -0.333 e. The number of para-hydroxylation sites is 1. The number of aromatic nitrogens is 2. The van der Waals surface area contributed by atoms with Gasteiger partial charge in [0.05, 0.1) is 23.7 Å². The summed E-state index contributed by atoms with van der Waals surface area (Å²) in [6.45, 7) is 4.51. The van der Waals surface area contributed by atoms with Crippen LogP contribution < -0.4 is 5.32 Å². The van der Waals surface area contributed by atoms with Crippen LogP contribution in [0.2, 0.25) is 0 Å². The maximum absolute atomic E-state index is 13.1. The summed E-state index contributed by atoms with van der Waals surface area (Å²) < 4.78 is 0. The van der Waals surface area contributed by atoms with E-state index in [0.717, 1.165) is 42.7 Å². The Kier molecular flexibility index (Phi) is 4.71. The molecule has 1 aliphatic rings. The van der Waals surface area contributed by atoms with Crippen LogP contribution in [0.25, 0.3) is 10.9 Å². The number of rotatable bonds is 4. The van der Waals surface area contributed by atoms with E-state index < -0.39 is 0 Å². The fourth-order valence-corrected chi connectivity index (χ4v) is 3.68. The molecule has 26 heavy (non-hydrogen) atoms. The van der Waals surface area contributed by atoms with E-state index in [-0.39, 0.29) is 11.9 Å². The maximum Gasteiger partial charge on any atom is 0.229 e. The Morgan fingerprint density at radius 2 is 2.00 bits per heavy atom. The van der Waals surface area contributed by atoms with Crippen LogP contribution >= 0.6 is 0 Å². The second-order valence-corrected chi connectivity index (χ2v) is 6.80. The van der Waals surface area contributed by atoms with Crippen LogP contribution in [-0.4, -0.2) is 40.6 Å². The molecule has 1 atom stereocenters.